The summed E-state index contributed by atoms with van der Waals surface area (Å²) in [7, 11) is -5.72. The van der Waals surface area contributed by atoms with Gasteiger partial charge in [-0.25, -0.2) is 0 Å². The Balaban J connectivity index is 2.31. The number of allylic oxidation sites excluding steroid dienone is 1. The van der Waals surface area contributed by atoms with Gasteiger partial charge < -0.3 is 9.08 Å². The first-order valence-electron chi connectivity index (χ1n) is 6.44. The van der Waals surface area contributed by atoms with E-state index in [1.807, 2.05) is 13.8 Å². The second kappa shape index (κ2) is 4.62. The Labute approximate surface area is 120 Å². The lowest BCUT2D eigenvalue weighted by Gasteiger charge is -2.47. The zero-order chi connectivity index (χ0) is 16.3. The molecule has 0 spiro atoms. The Morgan fingerprint density at radius 3 is 2.24 bits per heavy atom. The number of nitrogens with zero attached hydrogens (tertiary/aromatic N) is 1. The number of β-lactam (4-membered cyclic amide) rings is 1. The van der Waals surface area contributed by atoms with E-state index in [0.717, 1.165) is 0 Å². The monoisotopic (exact) mass is 327 g/mol. The van der Waals surface area contributed by atoms with Crippen molar-refractivity contribution in [1.82, 2.24) is 4.90 Å². The average Bonchev–Trinajstić information content (AvgIpc) is 2.47. The van der Waals surface area contributed by atoms with Gasteiger partial charge in [0.1, 0.15) is 5.76 Å². The summed E-state index contributed by atoms with van der Waals surface area (Å²) in [6.45, 7) is 6.64. The molecule has 2 aliphatic rings. The van der Waals surface area contributed by atoms with E-state index >= 15 is 0 Å². The quantitative estimate of drug-likeness (QED) is 0.453. The Kier molecular flexibility index (Phi) is 3.55. The number of alkyl halides is 3. The zero-order valence-corrected chi connectivity index (χ0v) is 12.7. The normalized spacial score (nSPS) is 29.8. The fourth-order valence-electron chi connectivity index (χ4n) is 3.04. The summed E-state index contributed by atoms with van der Waals surface area (Å²) in [5.41, 5.74) is -5.35. The molecule has 0 N–H and O–H groups in total. The minimum Gasteiger partial charge on any atom is -0.378 e. The largest absolute Gasteiger partial charge is 0.534 e. The van der Waals surface area contributed by atoms with Crippen molar-refractivity contribution in [3.8, 4) is 0 Å². The highest BCUT2D eigenvalue weighted by atomic mass is 32.2. The zero-order valence-electron chi connectivity index (χ0n) is 11.9. The molecule has 2 rings (SSSR count). The highest BCUT2D eigenvalue weighted by molar-refractivity contribution is 7.87. The van der Waals surface area contributed by atoms with Crippen molar-refractivity contribution in [2.75, 3.05) is 0 Å². The number of amides is 1. The molecular formula is C12H16F3NO4S. The maximum Gasteiger partial charge on any atom is 0.534 e. The molecular weight excluding hydrogens is 311 g/mol. The van der Waals surface area contributed by atoms with Crippen LogP contribution in [0.25, 0.3) is 0 Å². The van der Waals surface area contributed by atoms with Crippen LogP contribution in [0.2, 0.25) is 0 Å². The van der Waals surface area contributed by atoms with Crippen molar-refractivity contribution in [3.05, 3.63) is 11.5 Å². The van der Waals surface area contributed by atoms with Gasteiger partial charge in [0.2, 0.25) is 5.91 Å². The number of carbonyl (C=O) groups is 1. The number of fused-ring (bicyclic) bond motifs is 1. The number of halogens is 3. The predicted octanol–water partition coefficient (Wildman–Crippen LogP) is 2.22. The third-order valence-corrected chi connectivity index (χ3v) is 5.00. The summed E-state index contributed by atoms with van der Waals surface area (Å²) in [6, 6.07) is -0.337. The van der Waals surface area contributed by atoms with Gasteiger partial charge in [-0.05, 0) is 12.8 Å². The van der Waals surface area contributed by atoms with Crippen LogP contribution in [0, 0.1) is 17.8 Å². The van der Waals surface area contributed by atoms with Gasteiger partial charge in [-0.2, -0.15) is 21.6 Å². The van der Waals surface area contributed by atoms with Crippen LogP contribution in [0.4, 0.5) is 13.2 Å². The Bertz CT molecular complexity index is 608. The first kappa shape index (κ1) is 16.1. The lowest BCUT2D eigenvalue weighted by atomic mass is 9.75. The summed E-state index contributed by atoms with van der Waals surface area (Å²) in [6.07, 6.45) is 0. The fraction of sp³-hybridized carbons (Fsp3) is 0.750. The van der Waals surface area contributed by atoms with Gasteiger partial charge in [0.25, 0.3) is 0 Å². The van der Waals surface area contributed by atoms with Gasteiger partial charge in [0.05, 0.1) is 17.7 Å². The third-order valence-electron chi connectivity index (χ3n) is 4.03. The first-order valence-corrected chi connectivity index (χ1v) is 7.85. The number of rotatable bonds is 3. The van der Waals surface area contributed by atoms with E-state index in [-0.39, 0.29) is 35.2 Å². The van der Waals surface area contributed by atoms with Crippen molar-refractivity contribution < 1.29 is 30.6 Å². The molecule has 1 fully saturated rings. The molecule has 0 radical (unpaired) electrons. The summed E-state index contributed by atoms with van der Waals surface area (Å²) < 4.78 is 63.8. The van der Waals surface area contributed by atoms with E-state index in [2.05, 4.69) is 4.18 Å². The summed E-state index contributed by atoms with van der Waals surface area (Å²) in [5, 5.41) is 0. The SMILES string of the molecule is CC1=C(OS(=O)(=O)C(F)(F)F)[C@H](C)[C@@H]2[C@@H](C(C)C)C(=O)N12. The van der Waals surface area contributed by atoms with E-state index in [9.17, 15) is 26.4 Å². The second-order valence-electron chi connectivity index (χ2n) is 5.69. The van der Waals surface area contributed by atoms with Crippen LogP contribution >= 0.6 is 0 Å². The Hall–Kier alpha value is -1.25. The van der Waals surface area contributed by atoms with Crippen molar-refractivity contribution >= 4 is 16.0 Å². The van der Waals surface area contributed by atoms with Crippen LogP contribution < -0.4 is 0 Å². The molecule has 2 heterocycles. The van der Waals surface area contributed by atoms with Crippen LogP contribution in [0.15, 0.2) is 11.5 Å². The number of carbonyl (C=O) groups excluding carboxylic acids is 1. The third kappa shape index (κ3) is 2.21. The summed E-state index contributed by atoms with van der Waals surface area (Å²) in [5.74, 6) is -1.40. The van der Waals surface area contributed by atoms with Crippen molar-refractivity contribution in [2.45, 2.75) is 39.2 Å². The molecule has 0 saturated carbocycles. The lowest BCUT2D eigenvalue weighted by Crippen LogP contribution is -2.61. The van der Waals surface area contributed by atoms with Crippen LogP contribution in [0.1, 0.15) is 27.7 Å². The second-order valence-corrected chi connectivity index (χ2v) is 7.23. The van der Waals surface area contributed by atoms with Crippen LogP contribution in [0.3, 0.4) is 0 Å². The van der Waals surface area contributed by atoms with Gasteiger partial charge in [-0.15, -0.1) is 0 Å². The molecule has 0 aromatic rings. The van der Waals surface area contributed by atoms with Gasteiger partial charge in [-0.3, -0.25) is 4.79 Å². The maximum absolute atomic E-state index is 12.4. The van der Waals surface area contributed by atoms with Crippen LogP contribution in [-0.4, -0.2) is 30.8 Å². The molecule has 1 amide bonds. The molecule has 2 aliphatic heterocycles. The maximum atomic E-state index is 12.4. The molecule has 120 valence electrons. The molecule has 0 aromatic heterocycles. The van der Waals surface area contributed by atoms with Gasteiger partial charge in [0.15, 0.2) is 0 Å². The van der Waals surface area contributed by atoms with Crippen molar-refractivity contribution in [3.63, 3.8) is 0 Å². The number of hydrogen-bond acceptors (Lipinski definition) is 4. The molecule has 0 unspecified atom stereocenters. The molecule has 21 heavy (non-hydrogen) atoms. The topological polar surface area (TPSA) is 63.7 Å². The molecule has 0 aliphatic carbocycles. The van der Waals surface area contributed by atoms with E-state index < -0.39 is 21.5 Å². The van der Waals surface area contributed by atoms with Crippen molar-refractivity contribution in [2.24, 2.45) is 17.8 Å². The minimum atomic E-state index is -5.72. The van der Waals surface area contributed by atoms with Gasteiger partial charge >= 0.3 is 15.6 Å². The van der Waals surface area contributed by atoms with Crippen LogP contribution in [-0.2, 0) is 19.1 Å². The van der Waals surface area contributed by atoms with E-state index in [1.165, 1.54) is 11.8 Å². The predicted molar refractivity (Wildman–Crippen MR) is 66.9 cm³/mol. The highest BCUT2D eigenvalue weighted by Gasteiger charge is 2.59. The standard InChI is InChI=1S/C12H16F3NO4S/c1-5(2)8-9-6(3)10(7(4)16(9)11(8)17)20-21(18,19)12(13,14)15/h5-6,8-9H,1-4H3/t6-,8-,9-/m1/s1. The average molecular weight is 327 g/mol. The highest BCUT2D eigenvalue weighted by Crippen LogP contribution is 2.49. The first-order chi connectivity index (χ1) is 9.40. The summed E-state index contributed by atoms with van der Waals surface area (Å²) in [4.78, 5) is 13.3. The molecule has 0 aromatic carbocycles. The molecule has 9 heteroatoms. The molecule has 5 nitrogen and oxygen atoms in total. The van der Waals surface area contributed by atoms with Crippen molar-refractivity contribution in [1.29, 1.82) is 0 Å². The van der Waals surface area contributed by atoms with Crippen LogP contribution in [0.5, 0.6) is 0 Å². The molecule has 0 bridgehead atoms. The minimum absolute atomic E-state index is 0.0209. The smallest absolute Gasteiger partial charge is 0.378 e. The Morgan fingerprint density at radius 2 is 1.81 bits per heavy atom. The molecule has 1 saturated heterocycles. The van der Waals surface area contributed by atoms with E-state index in [0.29, 0.717) is 0 Å². The lowest BCUT2D eigenvalue weighted by molar-refractivity contribution is -0.155. The van der Waals surface area contributed by atoms with E-state index in [1.54, 1.807) is 6.92 Å². The van der Waals surface area contributed by atoms with Gasteiger partial charge in [0, 0.05) is 5.92 Å². The fourth-order valence-corrected chi connectivity index (χ4v) is 3.64. The Morgan fingerprint density at radius 1 is 1.29 bits per heavy atom. The van der Waals surface area contributed by atoms with Gasteiger partial charge in [-0.1, -0.05) is 20.8 Å². The van der Waals surface area contributed by atoms with E-state index in [4.69, 9.17) is 0 Å². The summed E-state index contributed by atoms with van der Waals surface area (Å²) >= 11 is 0. The number of hydrogen-bond donors (Lipinski definition) is 0. The molecule has 3 atom stereocenters.